The zero-order valence-corrected chi connectivity index (χ0v) is 14.2. The molecule has 0 spiro atoms. The molecule has 0 saturated carbocycles. The first-order valence-corrected chi connectivity index (χ1v) is 8.55. The van der Waals surface area contributed by atoms with Crippen LogP contribution in [0.15, 0.2) is 18.2 Å². The third-order valence-electron chi connectivity index (χ3n) is 5.18. The van der Waals surface area contributed by atoms with Gasteiger partial charge >= 0.3 is 0 Å². The van der Waals surface area contributed by atoms with Gasteiger partial charge in [0.05, 0.1) is 24.7 Å². The maximum atomic E-state index is 13.5. The summed E-state index contributed by atoms with van der Waals surface area (Å²) in [4.78, 5) is 25.9. The Balaban J connectivity index is 1.65. The number of likely N-dealkylation sites (tertiary alicyclic amines) is 1. The minimum atomic E-state index is -0.470. The van der Waals surface area contributed by atoms with Gasteiger partial charge in [-0.3, -0.25) is 9.59 Å². The second-order valence-corrected chi connectivity index (χ2v) is 6.61. The van der Waals surface area contributed by atoms with E-state index in [2.05, 4.69) is 0 Å². The molecule has 2 amide bonds. The van der Waals surface area contributed by atoms with Crippen molar-refractivity contribution in [3.8, 4) is 5.75 Å². The Bertz CT molecular complexity index is 658. The number of primary amides is 1. The molecule has 1 aromatic rings. The second kappa shape index (κ2) is 7.39. The number of hydrogen-bond acceptors (Lipinski definition) is 4. The predicted octanol–water partition coefficient (Wildman–Crippen LogP) is 1.58. The number of hydrogen-bond donors (Lipinski definition) is 1. The van der Waals surface area contributed by atoms with Crippen LogP contribution >= 0.6 is 0 Å². The molecule has 0 aromatic heterocycles. The van der Waals surface area contributed by atoms with E-state index in [1.165, 1.54) is 25.3 Å². The fraction of sp³-hybridized carbons (Fsp3) is 0.556. The Labute approximate surface area is 146 Å². The highest BCUT2D eigenvalue weighted by Crippen LogP contribution is 2.33. The van der Waals surface area contributed by atoms with E-state index in [1.807, 2.05) is 0 Å². The van der Waals surface area contributed by atoms with Crippen LogP contribution in [0.1, 0.15) is 29.6 Å². The van der Waals surface area contributed by atoms with Gasteiger partial charge in [0.15, 0.2) is 0 Å². The van der Waals surface area contributed by atoms with E-state index < -0.39 is 5.82 Å². The van der Waals surface area contributed by atoms with Crippen LogP contribution in [0.5, 0.6) is 5.75 Å². The quantitative estimate of drug-likeness (QED) is 0.894. The minimum absolute atomic E-state index is 0.154. The average molecular weight is 350 g/mol. The lowest BCUT2D eigenvalue weighted by atomic mass is 9.84. The summed E-state index contributed by atoms with van der Waals surface area (Å²) >= 11 is 0. The number of carbonyl (C=O) groups excluding carboxylic acids is 2. The highest BCUT2D eigenvalue weighted by molar-refractivity contribution is 5.97. The molecule has 3 rings (SSSR count). The Hall–Kier alpha value is -2.15. The molecule has 2 heterocycles. The van der Waals surface area contributed by atoms with E-state index in [0.29, 0.717) is 31.9 Å². The summed E-state index contributed by atoms with van der Waals surface area (Å²) in [6, 6.07) is 3.93. The first-order valence-electron chi connectivity index (χ1n) is 8.55. The number of amides is 2. The fourth-order valence-electron chi connectivity index (χ4n) is 3.83. The van der Waals surface area contributed by atoms with Crippen molar-refractivity contribution in [1.29, 1.82) is 0 Å². The van der Waals surface area contributed by atoms with Gasteiger partial charge in [-0.2, -0.15) is 0 Å². The molecule has 0 bridgehead atoms. The second-order valence-electron chi connectivity index (χ2n) is 6.61. The van der Waals surface area contributed by atoms with Gasteiger partial charge in [-0.05, 0) is 43.4 Å². The van der Waals surface area contributed by atoms with E-state index in [0.717, 1.165) is 12.8 Å². The molecule has 2 aliphatic heterocycles. The lowest BCUT2D eigenvalue weighted by Gasteiger charge is -2.35. The summed E-state index contributed by atoms with van der Waals surface area (Å²) in [5, 5.41) is 0. The molecule has 0 radical (unpaired) electrons. The first-order chi connectivity index (χ1) is 12.0. The third kappa shape index (κ3) is 3.61. The zero-order chi connectivity index (χ0) is 18.0. The molecule has 25 heavy (non-hydrogen) atoms. The summed E-state index contributed by atoms with van der Waals surface area (Å²) in [5.74, 6) is -0.697. The van der Waals surface area contributed by atoms with Crippen LogP contribution in [-0.2, 0) is 9.53 Å². The lowest BCUT2D eigenvalue weighted by molar-refractivity contribution is -0.124. The Morgan fingerprint density at radius 2 is 2.00 bits per heavy atom. The van der Waals surface area contributed by atoms with E-state index in [9.17, 15) is 14.0 Å². The molecule has 2 atom stereocenters. The maximum Gasteiger partial charge on any atom is 0.257 e. The lowest BCUT2D eigenvalue weighted by Crippen LogP contribution is -2.44. The number of carbonyl (C=O) groups is 2. The Kier molecular flexibility index (Phi) is 5.22. The van der Waals surface area contributed by atoms with E-state index in [-0.39, 0.29) is 35.3 Å². The predicted molar refractivity (Wildman–Crippen MR) is 88.6 cm³/mol. The highest BCUT2D eigenvalue weighted by Gasteiger charge is 2.40. The van der Waals surface area contributed by atoms with Gasteiger partial charge < -0.3 is 20.1 Å². The van der Waals surface area contributed by atoms with Crippen LogP contribution in [0.2, 0.25) is 0 Å². The van der Waals surface area contributed by atoms with Crippen LogP contribution in [0.4, 0.5) is 4.39 Å². The van der Waals surface area contributed by atoms with Crippen molar-refractivity contribution in [2.45, 2.75) is 25.4 Å². The van der Waals surface area contributed by atoms with Gasteiger partial charge in [-0.1, -0.05) is 0 Å². The van der Waals surface area contributed by atoms with Crippen LogP contribution in [0, 0.1) is 17.7 Å². The molecular formula is C18H23FN2O4. The number of piperidine rings is 1. The zero-order valence-electron chi connectivity index (χ0n) is 14.2. The Morgan fingerprint density at radius 3 is 2.64 bits per heavy atom. The summed E-state index contributed by atoms with van der Waals surface area (Å²) in [6.45, 7) is 1.63. The topological polar surface area (TPSA) is 81.9 Å². The molecule has 136 valence electrons. The number of nitrogens with zero attached hydrogens (tertiary/aromatic N) is 1. The normalized spacial score (nSPS) is 24.3. The molecule has 2 N–H and O–H groups in total. The van der Waals surface area contributed by atoms with Crippen molar-refractivity contribution in [3.05, 3.63) is 29.6 Å². The number of methoxy groups -OCH3 is 1. The van der Waals surface area contributed by atoms with Crippen LogP contribution in [0.3, 0.4) is 0 Å². The Morgan fingerprint density at radius 1 is 1.28 bits per heavy atom. The molecular weight excluding hydrogens is 327 g/mol. The minimum Gasteiger partial charge on any atom is -0.496 e. The van der Waals surface area contributed by atoms with Gasteiger partial charge in [0.1, 0.15) is 11.6 Å². The first kappa shape index (κ1) is 17.7. The van der Waals surface area contributed by atoms with Gasteiger partial charge in [-0.25, -0.2) is 4.39 Å². The number of nitrogens with two attached hydrogens (primary N) is 1. The smallest absolute Gasteiger partial charge is 0.257 e. The molecule has 6 nitrogen and oxygen atoms in total. The number of benzene rings is 1. The molecule has 2 fully saturated rings. The van der Waals surface area contributed by atoms with Gasteiger partial charge in [0.25, 0.3) is 5.91 Å². The average Bonchev–Trinajstić information content (AvgIpc) is 3.11. The fourth-order valence-corrected chi connectivity index (χ4v) is 3.83. The van der Waals surface area contributed by atoms with Crippen molar-refractivity contribution in [3.63, 3.8) is 0 Å². The van der Waals surface area contributed by atoms with Crippen molar-refractivity contribution in [2.24, 2.45) is 17.6 Å². The molecule has 1 aromatic carbocycles. The number of rotatable bonds is 4. The van der Waals surface area contributed by atoms with Crippen molar-refractivity contribution in [1.82, 2.24) is 4.90 Å². The largest absolute Gasteiger partial charge is 0.496 e. The van der Waals surface area contributed by atoms with Crippen LogP contribution in [0.25, 0.3) is 0 Å². The van der Waals surface area contributed by atoms with Crippen LogP contribution in [-0.4, -0.2) is 49.6 Å². The van der Waals surface area contributed by atoms with Crippen LogP contribution < -0.4 is 10.5 Å². The molecule has 2 saturated heterocycles. The SMILES string of the molecule is COc1ccc(F)cc1C(=O)N1CCC([C@H]2OCC[C@@H]2C(N)=O)CC1. The van der Waals surface area contributed by atoms with Crippen molar-refractivity contribution in [2.75, 3.05) is 26.8 Å². The van der Waals surface area contributed by atoms with Crippen molar-refractivity contribution < 1.29 is 23.5 Å². The van der Waals surface area contributed by atoms with Gasteiger partial charge in [0.2, 0.25) is 5.91 Å². The van der Waals surface area contributed by atoms with Crippen molar-refractivity contribution >= 4 is 11.8 Å². The molecule has 0 aliphatic carbocycles. The molecule has 0 unspecified atom stereocenters. The van der Waals surface area contributed by atoms with Gasteiger partial charge in [0, 0.05) is 19.7 Å². The maximum absolute atomic E-state index is 13.5. The van der Waals surface area contributed by atoms with E-state index in [1.54, 1.807) is 4.90 Å². The van der Waals surface area contributed by atoms with Gasteiger partial charge in [-0.15, -0.1) is 0 Å². The standard InChI is InChI=1S/C18H23FN2O4/c1-24-15-3-2-12(19)10-14(15)18(23)21-7-4-11(5-8-21)16-13(17(20)22)6-9-25-16/h2-3,10-11,13,16H,4-9H2,1H3,(H2,20,22)/t13-,16+/m0/s1. The number of ether oxygens (including phenoxy) is 2. The highest BCUT2D eigenvalue weighted by atomic mass is 19.1. The van der Waals surface area contributed by atoms with E-state index in [4.69, 9.17) is 15.2 Å². The summed E-state index contributed by atoms with van der Waals surface area (Å²) in [6.07, 6.45) is 1.98. The molecule has 7 heteroatoms. The monoisotopic (exact) mass is 350 g/mol. The summed E-state index contributed by atoms with van der Waals surface area (Å²) in [7, 11) is 1.46. The summed E-state index contributed by atoms with van der Waals surface area (Å²) in [5.41, 5.74) is 5.69. The summed E-state index contributed by atoms with van der Waals surface area (Å²) < 4.78 is 24.4. The number of halogens is 1. The molecule has 2 aliphatic rings. The van der Waals surface area contributed by atoms with E-state index >= 15 is 0 Å². The third-order valence-corrected chi connectivity index (χ3v) is 5.18.